The van der Waals surface area contributed by atoms with Crippen LogP contribution in [0.5, 0.6) is 0 Å². The van der Waals surface area contributed by atoms with Gasteiger partial charge in [-0.2, -0.15) is 0 Å². The van der Waals surface area contributed by atoms with Crippen molar-refractivity contribution in [3.63, 3.8) is 0 Å². The molecule has 230 valence electrons. The first-order chi connectivity index (χ1) is 21.0. The van der Waals surface area contributed by atoms with E-state index in [-0.39, 0.29) is 36.0 Å². The van der Waals surface area contributed by atoms with Gasteiger partial charge in [0.25, 0.3) is 5.91 Å². The van der Waals surface area contributed by atoms with Gasteiger partial charge in [-0.3, -0.25) is 9.48 Å². The summed E-state index contributed by atoms with van der Waals surface area (Å²) in [5, 5.41) is 18.8. The number of hydrogen-bond donors (Lipinski definition) is 2. The smallest absolute Gasteiger partial charge is 0.264 e. The topological polar surface area (TPSA) is 101 Å². The number of aryl methyl sites for hydroxylation is 1. The number of aliphatic hydroxyl groups is 1. The average Bonchev–Trinajstić information content (AvgIpc) is 3.63. The third-order valence-electron chi connectivity index (χ3n) is 9.12. The Morgan fingerprint density at radius 2 is 1.89 bits per heavy atom. The zero-order valence-electron chi connectivity index (χ0n) is 24.9. The van der Waals surface area contributed by atoms with Crippen molar-refractivity contribution in [1.29, 1.82) is 0 Å². The van der Waals surface area contributed by atoms with Gasteiger partial charge in [-0.1, -0.05) is 70.5 Å². The number of nitrogens with zero attached hydrogens (tertiary/aromatic N) is 4. The van der Waals surface area contributed by atoms with Gasteiger partial charge in [0.15, 0.2) is 13.9 Å². The fourth-order valence-corrected chi connectivity index (χ4v) is 10.8. The Kier molecular flexibility index (Phi) is 8.90. The average molecular weight is 788 g/mol. The zero-order chi connectivity index (χ0) is 31.2. The van der Waals surface area contributed by atoms with Crippen molar-refractivity contribution in [1.82, 2.24) is 15.0 Å². The third kappa shape index (κ3) is 5.71. The van der Waals surface area contributed by atoms with Gasteiger partial charge < -0.3 is 19.5 Å². The van der Waals surface area contributed by atoms with Crippen LogP contribution < -0.4 is 4.90 Å². The van der Waals surface area contributed by atoms with Crippen molar-refractivity contribution in [2.24, 2.45) is 5.92 Å². The van der Waals surface area contributed by atoms with E-state index in [9.17, 15) is 14.7 Å². The standard InChI is InChI=1S/C33H36BrIN4O4Si/c1-21-31(44(2,3)42)30(14-15-38-19-28(36-37-38)26(20-40)23-9-5-4-6-10-23)43-33(21)27-17-24(34)12-13-29(27)39(32(33)41)18-22-8-7-11-25(35)16-22/h4-13,16-17,19,21,26,30-31,40,42H,14-15,18,20H2,1-3H3/t21-,26?,30+,31-,33+/m1/s1. The highest BCUT2D eigenvalue weighted by Gasteiger charge is 2.66. The van der Waals surface area contributed by atoms with Crippen LogP contribution in [0.15, 0.2) is 83.5 Å². The van der Waals surface area contributed by atoms with Crippen LogP contribution in [-0.4, -0.2) is 51.8 Å². The summed E-state index contributed by atoms with van der Waals surface area (Å²) in [6.07, 6.45) is 2.06. The van der Waals surface area contributed by atoms with Crippen LogP contribution in [0, 0.1) is 9.49 Å². The summed E-state index contributed by atoms with van der Waals surface area (Å²) in [5.74, 6) is -0.597. The summed E-state index contributed by atoms with van der Waals surface area (Å²) in [4.78, 5) is 28.1. The van der Waals surface area contributed by atoms with Gasteiger partial charge in [-0.15, -0.1) is 5.10 Å². The lowest BCUT2D eigenvalue weighted by atomic mass is 9.82. The number of aliphatic hydroxyl groups excluding tert-OH is 1. The summed E-state index contributed by atoms with van der Waals surface area (Å²) in [6.45, 7) is 6.80. The number of ether oxygens (including phenoxy) is 1. The van der Waals surface area contributed by atoms with E-state index in [4.69, 9.17) is 4.74 Å². The van der Waals surface area contributed by atoms with Crippen LogP contribution in [0.1, 0.15) is 41.6 Å². The highest BCUT2D eigenvalue weighted by Crippen LogP contribution is 2.60. The number of carbonyl (C=O) groups excluding carboxylic acids is 1. The zero-order valence-corrected chi connectivity index (χ0v) is 29.6. The predicted molar refractivity (Wildman–Crippen MR) is 184 cm³/mol. The minimum absolute atomic E-state index is 0.0729. The molecule has 1 fully saturated rings. The predicted octanol–water partition coefficient (Wildman–Crippen LogP) is 6.20. The van der Waals surface area contributed by atoms with E-state index in [1.54, 1.807) is 4.68 Å². The van der Waals surface area contributed by atoms with E-state index >= 15 is 0 Å². The Balaban J connectivity index is 1.30. The fourth-order valence-electron chi connectivity index (χ4n) is 7.19. The van der Waals surface area contributed by atoms with Crippen molar-refractivity contribution in [3.8, 4) is 0 Å². The number of benzene rings is 3. The molecule has 3 heterocycles. The van der Waals surface area contributed by atoms with Crippen LogP contribution >= 0.6 is 38.5 Å². The van der Waals surface area contributed by atoms with Crippen LogP contribution in [0.2, 0.25) is 18.6 Å². The van der Waals surface area contributed by atoms with Crippen LogP contribution in [0.4, 0.5) is 5.69 Å². The van der Waals surface area contributed by atoms with E-state index in [1.165, 1.54) is 0 Å². The second-order valence-corrected chi connectivity index (χ2v) is 18.5. The summed E-state index contributed by atoms with van der Waals surface area (Å²) in [5.41, 5.74) is 3.02. The molecule has 11 heteroatoms. The number of fused-ring (bicyclic) bond motifs is 2. The van der Waals surface area contributed by atoms with Crippen molar-refractivity contribution in [2.75, 3.05) is 11.5 Å². The normalized spacial score (nSPS) is 23.8. The van der Waals surface area contributed by atoms with Gasteiger partial charge in [0.05, 0.1) is 36.6 Å². The van der Waals surface area contributed by atoms with Crippen molar-refractivity contribution >= 4 is 58.4 Å². The first-order valence-electron chi connectivity index (χ1n) is 14.9. The molecule has 3 aromatic carbocycles. The molecule has 1 saturated heterocycles. The number of hydrogen-bond acceptors (Lipinski definition) is 6. The van der Waals surface area contributed by atoms with Crippen molar-refractivity contribution in [3.05, 3.63) is 109 Å². The number of rotatable bonds is 9. The lowest BCUT2D eigenvalue weighted by molar-refractivity contribution is -0.146. The molecule has 2 aliphatic rings. The molecule has 4 aromatic rings. The Morgan fingerprint density at radius 1 is 1.11 bits per heavy atom. The summed E-state index contributed by atoms with van der Waals surface area (Å²) in [6, 6.07) is 23.9. The Morgan fingerprint density at radius 3 is 2.59 bits per heavy atom. The first-order valence-corrected chi connectivity index (χ1v) is 19.7. The first kappa shape index (κ1) is 31.6. The molecule has 0 radical (unpaired) electrons. The van der Waals surface area contributed by atoms with Crippen LogP contribution in [0.3, 0.4) is 0 Å². The molecule has 1 unspecified atom stereocenters. The molecular weight excluding hydrogens is 751 g/mol. The van der Waals surface area contributed by atoms with Gasteiger partial charge >= 0.3 is 0 Å². The number of anilines is 1. The number of aromatic nitrogens is 3. The van der Waals surface area contributed by atoms with E-state index in [0.717, 1.165) is 30.4 Å². The lowest BCUT2D eigenvalue weighted by Gasteiger charge is -2.32. The minimum atomic E-state index is -2.80. The van der Waals surface area contributed by atoms with Gasteiger partial charge in [0.2, 0.25) is 0 Å². The molecule has 1 amide bonds. The fraction of sp³-hybridized carbons (Fsp3) is 0.364. The molecule has 2 N–H and O–H groups in total. The largest absolute Gasteiger partial charge is 0.432 e. The van der Waals surface area contributed by atoms with Gasteiger partial charge in [-0.25, -0.2) is 0 Å². The SMILES string of the molecule is C[C@@H]1[C@@H]([Si](C)(C)O)[C@H](CCn2cc(C(CO)c3ccccc3)nn2)O[C@@]12C(=O)N(Cc1cccc(I)c1)c1ccc(Br)cc12. The molecule has 0 aliphatic carbocycles. The van der Waals surface area contributed by atoms with Crippen molar-refractivity contribution < 1.29 is 19.4 Å². The van der Waals surface area contributed by atoms with Crippen molar-refractivity contribution in [2.45, 2.75) is 62.7 Å². The van der Waals surface area contributed by atoms with E-state index in [0.29, 0.717) is 25.2 Å². The third-order valence-corrected chi connectivity index (χ3v) is 12.8. The monoisotopic (exact) mass is 786 g/mol. The van der Waals surface area contributed by atoms with E-state index in [1.807, 2.05) is 90.9 Å². The summed E-state index contributed by atoms with van der Waals surface area (Å²) in [7, 11) is -2.80. The maximum absolute atomic E-state index is 14.6. The number of halogens is 2. The Hall–Kier alpha value is -2.42. The number of amides is 1. The summed E-state index contributed by atoms with van der Waals surface area (Å²) >= 11 is 5.93. The molecule has 0 saturated carbocycles. The molecule has 2 aliphatic heterocycles. The molecule has 1 aromatic heterocycles. The van der Waals surface area contributed by atoms with E-state index < -0.39 is 13.9 Å². The highest BCUT2D eigenvalue weighted by atomic mass is 127. The van der Waals surface area contributed by atoms with Crippen LogP contribution in [0.25, 0.3) is 0 Å². The molecular formula is C33H36BrIN4O4Si. The molecule has 44 heavy (non-hydrogen) atoms. The molecule has 6 rings (SSSR count). The minimum Gasteiger partial charge on any atom is -0.432 e. The molecule has 5 atom stereocenters. The molecule has 0 bridgehead atoms. The van der Waals surface area contributed by atoms with Gasteiger partial charge in [0, 0.05) is 37.8 Å². The quantitative estimate of drug-likeness (QED) is 0.155. The van der Waals surface area contributed by atoms with E-state index in [2.05, 4.69) is 61.8 Å². The molecule has 1 spiro atoms. The maximum Gasteiger partial charge on any atom is 0.264 e. The maximum atomic E-state index is 14.6. The highest BCUT2D eigenvalue weighted by molar-refractivity contribution is 14.1. The Bertz CT molecular complexity index is 1660. The Labute approximate surface area is 280 Å². The second-order valence-electron chi connectivity index (χ2n) is 12.4. The van der Waals surface area contributed by atoms with Crippen LogP contribution in [-0.2, 0) is 28.2 Å². The molecule has 8 nitrogen and oxygen atoms in total. The van der Waals surface area contributed by atoms with Gasteiger partial charge in [-0.05, 0) is 83.6 Å². The van der Waals surface area contributed by atoms with Gasteiger partial charge in [0.1, 0.15) is 0 Å². The number of carbonyl (C=O) groups is 1. The lowest BCUT2D eigenvalue weighted by Crippen LogP contribution is -2.46. The summed E-state index contributed by atoms with van der Waals surface area (Å²) < 4.78 is 10.7. The second kappa shape index (κ2) is 12.4.